The van der Waals surface area contributed by atoms with Crippen molar-refractivity contribution in [2.45, 2.75) is 69.6 Å². The van der Waals surface area contributed by atoms with E-state index in [2.05, 4.69) is 21.1 Å². The molecule has 2 atom stereocenters. The fourth-order valence-corrected chi connectivity index (χ4v) is 3.62. The molecule has 2 fully saturated rings. The number of hydrogen-bond acceptors (Lipinski definition) is 3. The molecule has 106 valence electrons. The lowest BCUT2D eigenvalue weighted by molar-refractivity contribution is 0.0755. The SMILES string of the molecule is COC1CCCC1n1ccnc1NC1CCCCC1. The molecule has 0 bridgehead atoms. The first kappa shape index (κ1) is 13.0. The minimum atomic E-state index is 0.348. The van der Waals surface area contributed by atoms with Gasteiger partial charge in [-0.25, -0.2) is 4.98 Å². The van der Waals surface area contributed by atoms with Crippen LogP contribution in [0.3, 0.4) is 0 Å². The van der Waals surface area contributed by atoms with Gasteiger partial charge in [0.05, 0.1) is 12.1 Å². The van der Waals surface area contributed by atoms with Gasteiger partial charge in [0.25, 0.3) is 0 Å². The Morgan fingerprint density at radius 1 is 1.16 bits per heavy atom. The number of aromatic nitrogens is 2. The van der Waals surface area contributed by atoms with Crippen LogP contribution in [0.4, 0.5) is 5.95 Å². The van der Waals surface area contributed by atoms with Crippen molar-refractivity contribution in [3.05, 3.63) is 12.4 Å². The molecule has 1 N–H and O–H groups in total. The lowest BCUT2D eigenvalue weighted by Gasteiger charge is -2.26. The smallest absolute Gasteiger partial charge is 0.203 e. The highest BCUT2D eigenvalue weighted by molar-refractivity contribution is 5.29. The predicted molar refractivity (Wildman–Crippen MR) is 76.4 cm³/mol. The van der Waals surface area contributed by atoms with Crippen LogP contribution in [0.25, 0.3) is 0 Å². The summed E-state index contributed by atoms with van der Waals surface area (Å²) in [6.07, 6.45) is 14.6. The number of anilines is 1. The summed E-state index contributed by atoms with van der Waals surface area (Å²) in [4.78, 5) is 4.52. The summed E-state index contributed by atoms with van der Waals surface area (Å²) in [5.74, 6) is 1.04. The van der Waals surface area contributed by atoms with Crippen LogP contribution in [0, 0.1) is 0 Å². The number of hydrogen-bond donors (Lipinski definition) is 1. The van der Waals surface area contributed by atoms with Gasteiger partial charge in [-0.3, -0.25) is 0 Å². The van der Waals surface area contributed by atoms with Crippen LogP contribution in [-0.2, 0) is 4.74 Å². The van der Waals surface area contributed by atoms with Crippen molar-refractivity contribution >= 4 is 5.95 Å². The Morgan fingerprint density at radius 3 is 2.79 bits per heavy atom. The molecule has 0 radical (unpaired) electrons. The van der Waals surface area contributed by atoms with E-state index in [9.17, 15) is 0 Å². The Morgan fingerprint density at radius 2 is 2.00 bits per heavy atom. The third-order valence-corrected chi connectivity index (χ3v) is 4.68. The molecule has 0 spiro atoms. The average molecular weight is 263 g/mol. The molecule has 1 aromatic heterocycles. The molecule has 1 heterocycles. The summed E-state index contributed by atoms with van der Waals surface area (Å²) in [5.41, 5.74) is 0. The topological polar surface area (TPSA) is 39.1 Å². The zero-order valence-corrected chi connectivity index (χ0v) is 11.8. The molecule has 0 aliphatic heterocycles. The number of nitrogens with one attached hydrogen (secondary N) is 1. The van der Waals surface area contributed by atoms with Gasteiger partial charge in [-0.15, -0.1) is 0 Å². The fraction of sp³-hybridized carbons (Fsp3) is 0.800. The number of rotatable bonds is 4. The van der Waals surface area contributed by atoms with Crippen molar-refractivity contribution in [1.29, 1.82) is 0 Å². The monoisotopic (exact) mass is 263 g/mol. The fourth-order valence-electron chi connectivity index (χ4n) is 3.62. The Balaban J connectivity index is 1.70. The van der Waals surface area contributed by atoms with Crippen LogP contribution in [0.15, 0.2) is 12.4 Å². The maximum Gasteiger partial charge on any atom is 0.203 e. The van der Waals surface area contributed by atoms with E-state index in [0.717, 1.165) is 5.95 Å². The van der Waals surface area contributed by atoms with Crippen molar-refractivity contribution in [3.63, 3.8) is 0 Å². The summed E-state index contributed by atoms with van der Waals surface area (Å²) < 4.78 is 7.92. The van der Waals surface area contributed by atoms with Crippen molar-refractivity contribution in [3.8, 4) is 0 Å². The van der Waals surface area contributed by atoms with Crippen molar-refractivity contribution in [1.82, 2.24) is 9.55 Å². The molecule has 2 aliphatic carbocycles. The predicted octanol–water partition coefficient (Wildman–Crippen LogP) is 3.37. The van der Waals surface area contributed by atoms with Gasteiger partial charge in [-0.1, -0.05) is 19.3 Å². The first-order chi connectivity index (χ1) is 9.38. The minimum absolute atomic E-state index is 0.348. The molecular weight excluding hydrogens is 238 g/mol. The van der Waals surface area contributed by atoms with Crippen LogP contribution >= 0.6 is 0 Å². The summed E-state index contributed by atoms with van der Waals surface area (Å²) in [6, 6.07) is 1.07. The van der Waals surface area contributed by atoms with Gasteiger partial charge in [0.15, 0.2) is 0 Å². The lowest BCUT2D eigenvalue weighted by Crippen LogP contribution is -2.27. The van der Waals surface area contributed by atoms with Crippen LogP contribution in [0.2, 0.25) is 0 Å². The molecule has 0 amide bonds. The summed E-state index contributed by atoms with van der Waals surface area (Å²) >= 11 is 0. The maximum atomic E-state index is 5.62. The third kappa shape index (κ3) is 2.78. The first-order valence-electron chi connectivity index (χ1n) is 7.70. The van der Waals surface area contributed by atoms with Gasteiger partial charge >= 0.3 is 0 Å². The second-order valence-corrected chi connectivity index (χ2v) is 5.91. The number of imidazole rings is 1. The summed E-state index contributed by atoms with van der Waals surface area (Å²) in [5, 5.41) is 3.65. The molecule has 19 heavy (non-hydrogen) atoms. The highest BCUT2D eigenvalue weighted by Gasteiger charge is 2.30. The van der Waals surface area contributed by atoms with Gasteiger partial charge < -0.3 is 14.6 Å². The van der Waals surface area contributed by atoms with E-state index in [0.29, 0.717) is 18.2 Å². The van der Waals surface area contributed by atoms with Crippen LogP contribution in [0.1, 0.15) is 57.4 Å². The molecule has 4 nitrogen and oxygen atoms in total. The molecule has 2 aliphatic rings. The zero-order valence-electron chi connectivity index (χ0n) is 11.8. The molecular formula is C15H25N3O. The van der Waals surface area contributed by atoms with Gasteiger partial charge in [0.1, 0.15) is 0 Å². The van der Waals surface area contributed by atoms with Crippen LogP contribution in [-0.4, -0.2) is 28.8 Å². The molecule has 0 aromatic carbocycles. The summed E-state index contributed by atoms with van der Waals surface area (Å²) in [6.45, 7) is 0. The van der Waals surface area contributed by atoms with Gasteiger partial charge in [-0.05, 0) is 32.1 Å². The Labute approximate surface area is 115 Å². The average Bonchev–Trinajstić information content (AvgIpc) is 3.07. The highest BCUT2D eigenvalue weighted by Crippen LogP contribution is 2.34. The van der Waals surface area contributed by atoms with Crippen molar-refractivity contribution in [2.75, 3.05) is 12.4 Å². The summed E-state index contributed by atoms with van der Waals surface area (Å²) in [7, 11) is 1.83. The quantitative estimate of drug-likeness (QED) is 0.905. The minimum Gasteiger partial charge on any atom is -0.379 e. The zero-order chi connectivity index (χ0) is 13.1. The normalized spacial score (nSPS) is 28.7. The molecule has 3 rings (SSSR count). The molecule has 2 saturated carbocycles. The molecule has 2 unspecified atom stereocenters. The van der Waals surface area contributed by atoms with E-state index in [-0.39, 0.29) is 0 Å². The second-order valence-electron chi connectivity index (χ2n) is 5.91. The van der Waals surface area contributed by atoms with Gasteiger partial charge in [0.2, 0.25) is 5.95 Å². The molecule has 4 heteroatoms. The Bertz CT molecular complexity index is 398. The van der Waals surface area contributed by atoms with E-state index >= 15 is 0 Å². The molecule has 1 aromatic rings. The van der Waals surface area contributed by atoms with E-state index in [1.165, 1.54) is 51.4 Å². The Hall–Kier alpha value is -1.03. The van der Waals surface area contributed by atoms with E-state index in [1.54, 1.807) is 0 Å². The standard InChI is InChI=1S/C15H25N3O/c1-19-14-9-5-8-13(14)18-11-10-16-15(18)17-12-6-3-2-4-7-12/h10-14H,2-9H2,1H3,(H,16,17). The second kappa shape index (κ2) is 5.95. The highest BCUT2D eigenvalue weighted by atomic mass is 16.5. The number of nitrogens with zero attached hydrogens (tertiary/aromatic N) is 2. The van der Waals surface area contributed by atoms with E-state index in [4.69, 9.17) is 4.74 Å². The largest absolute Gasteiger partial charge is 0.379 e. The number of methoxy groups -OCH3 is 1. The Kier molecular flexibility index (Phi) is 4.06. The number of ether oxygens (including phenoxy) is 1. The van der Waals surface area contributed by atoms with E-state index in [1.807, 2.05) is 13.3 Å². The third-order valence-electron chi connectivity index (χ3n) is 4.68. The molecule has 0 saturated heterocycles. The van der Waals surface area contributed by atoms with E-state index < -0.39 is 0 Å². The van der Waals surface area contributed by atoms with Crippen molar-refractivity contribution < 1.29 is 4.74 Å². The lowest BCUT2D eigenvalue weighted by atomic mass is 9.96. The van der Waals surface area contributed by atoms with Crippen LogP contribution < -0.4 is 5.32 Å². The van der Waals surface area contributed by atoms with Gasteiger partial charge in [-0.2, -0.15) is 0 Å². The maximum absolute atomic E-state index is 5.62. The van der Waals surface area contributed by atoms with Crippen molar-refractivity contribution in [2.24, 2.45) is 0 Å². The first-order valence-corrected chi connectivity index (χ1v) is 7.70. The van der Waals surface area contributed by atoms with Gasteiger partial charge in [0, 0.05) is 25.5 Å². The van der Waals surface area contributed by atoms with Crippen LogP contribution in [0.5, 0.6) is 0 Å².